The molecule has 1 saturated heterocycles. The Morgan fingerprint density at radius 1 is 1.36 bits per heavy atom. The normalized spacial score (nSPS) is 33.0. The van der Waals surface area contributed by atoms with Gasteiger partial charge < -0.3 is 35.0 Å². The van der Waals surface area contributed by atoms with Crippen LogP contribution in [0.1, 0.15) is 22.8 Å². The molecule has 2 aliphatic heterocycles. The van der Waals surface area contributed by atoms with Crippen molar-refractivity contribution < 1.29 is 39.8 Å². The predicted octanol–water partition coefficient (Wildman–Crippen LogP) is -0.956. The molecular formula is C14H16O8. The number of fused-ring (bicyclic) bond motifs is 1. The average Bonchev–Trinajstić information content (AvgIpc) is 2.93. The van der Waals surface area contributed by atoms with Crippen molar-refractivity contribution in [1.29, 1.82) is 0 Å². The molecule has 1 spiro atoms. The first kappa shape index (κ1) is 15.0. The van der Waals surface area contributed by atoms with Gasteiger partial charge in [-0.2, -0.15) is 0 Å². The number of benzene rings is 1. The third-order valence-corrected chi connectivity index (χ3v) is 4.08. The lowest BCUT2D eigenvalue weighted by molar-refractivity contribution is -0.200. The van der Waals surface area contributed by atoms with Gasteiger partial charge in [0.2, 0.25) is 5.79 Å². The second kappa shape index (κ2) is 4.82. The molecule has 0 saturated carbocycles. The first-order valence-electron chi connectivity index (χ1n) is 6.73. The molecule has 8 heteroatoms. The molecule has 1 aromatic rings. The fraction of sp³-hybridized carbons (Fsp3) is 0.500. The molecule has 8 nitrogen and oxygen atoms in total. The minimum Gasteiger partial charge on any atom is -0.507 e. The van der Waals surface area contributed by atoms with Crippen LogP contribution in [0, 0.1) is 0 Å². The van der Waals surface area contributed by atoms with E-state index < -0.39 is 42.2 Å². The molecule has 0 radical (unpaired) electrons. The van der Waals surface area contributed by atoms with Gasteiger partial charge in [0.05, 0.1) is 6.61 Å². The summed E-state index contributed by atoms with van der Waals surface area (Å²) >= 11 is 0. The van der Waals surface area contributed by atoms with Crippen LogP contribution in [0.5, 0.6) is 17.2 Å². The van der Waals surface area contributed by atoms with Crippen molar-refractivity contribution in [3.8, 4) is 17.2 Å². The van der Waals surface area contributed by atoms with E-state index in [0.29, 0.717) is 0 Å². The van der Waals surface area contributed by atoms with Gasteiger partial charge in [-0.15, -0.1) is 0 Å². The number of hydrogen-bond acceptors (Lipinski definition) is 8. The summed E-state index contributed by atoms with van der Waals surface area (Å²) in [7, 11) is 0. The van der Waals surface area contributed by atoms with Gasteiger partial charge in [-0.3, -0.25) is 4.79 Å². The van der Waals surface area contributed by atoms with E-state index in [4.69, 9.17) is 14.6 Å². The first-order chi connectivity index (χ1) is 10.3. The lowest BCUT2D eigenvalue weighted by Crippen LogP contribution is -2.47. The van der Waals surface area contributed by atoms with Crippen molar-refractivity contribution in [3.05, 3.63) is 17.2 Å². The largest absolute Gasteiger partial charge is 0.507 e. The molecule has 1 fully saturated rings. The predicted molar refractivity (Wildman–Crippen MR) is 70.8 cm³/mol. The highest BCUT2D eigenvalue weighted by Crippen LogP contribution is 2.50. The molecule has 0 aromatic heterocycles. The number of Topliss-reactive ketones (excluding diaryl/α,β-unsaturated/α-hetero) is 1. The van der Waals surface area contributed by atoms with E-state index in [1.54, 1.807) is 0 Å². The minimum absolute atomic E-state index is 0.0881. The lowest BCUT2D eigenvalue weighted by atomic mass is 9.97. The second-order valence-corrected chi connectivity index (χ2v) is 5.52. The second-order valence-electron chi connectivity index (χ2n) is 5.52. The average molecular weight is 312 g/mol. The van der Waals surface area contributed by atoms with Crippen LogP contribution in [-0.4, -0.2) is 62.0 Å². The summed E-state index contributed by atoms with van der Waals surface area (Å²) in [5.41, 5.74) is 0.0512. The highest BCUT2D eigenvalue weighted by Gasteiger charge is 2.60. The quantitative estimate of drug-likeness (QED) is 0.441. The Morgan fingerprint density at radius 3 is 2.59 bits per heavy atom. The maximum absolute atomic E-state index is 11.7. The van der Waals surface area contributed by atoms with Crippen molar-refractivity contribution in [2.75, 3.05) is 6.61 Å². The summed E-state index contributed by atoms with van der Waals surface area (Å²) in [6.07, 6.45) is -4.06. The summed E-state index contributed by atoms with van der Waals surface area (Å²) in [4.78, 5) is 11.7. The van der Waals surface area contributed by atoms with Crippen LogP contribution in [0.15, 0.2) is 6.07 Å². The van der Waals surface area contributed by atoms with E-state index in [0.717, 1.165) is 6.07 Å². The molecule has 3 rings (SSSR count). The Morgan fingerprint density at radius 2 is 2.05 bits per heavy atom. The van der Waals surface area contributed by atoms with Crippen LogP contribution in [0.4, 0.5) is 0 Å². The van der Waals surface area contributed by atoms with Crippen LogP contribution in [0.2, 0.25) is 0 Å². The number of ether oxygens (including phenoxy) is 2. The molecule has 0 amide bonds. The van der Waals surface area contributed by atoms with Crippen LogP contribution < -0.4 is 4.74 Å². The van der Waals surface area contributed by atoms with Gasteiger partial charge >= 0.3 is 0 Å². The summed E-state index contributed by atoms with van der Waals surface area (Å²) in [6, 6.07) is 1.01. The Kier molecular flexibility index (Phi) is 3.29. The van der Waals surface area contributed by atoms with E-state index in [1.807, 2.05) is 0 Å². The molecule has 5 N–H and O–H groups in total. The smallest absolute Gasteiger partial charge is 0.244 e. The molecule has 2 heterocycles. The van der Waals surface area contributed by atoms with Crippen molar-refractivity contribution in [2.45, 2.75) is 37.4 Å². The first-order valence-corrected chi connectivity index (χ1v) is 6.73. The third kappa shape index (κ3) is 1.88. The van der Waals surface area contributed by atoms with Crippen molar-refractivity contribution in [2.24, 2.45) is 0 Å². The SMILES string of the molecule is CC(=O)c1c(O)cc(O)c2c1OC1(C2)OC(CO)C(O)C1O. The Labute approximate surface area is 125 Å². The van der Waals surface area contributed by atoms with E-state index >= 15 is 0 Å². The lowest BCUT2D eigenvalue weighted by Gasteiger charge is -2.26. The van der Waals surface area contributed by atoms with E-state index in [-0.39, 0.29) is 29.0 Å². The fourth-order valence-electron chi connectivity index (χ4n) is 2.99. The topological polar surface area (TPSA) is 137 Å². The van der Waals surface area contributed by atoms with E-state index in [2.05, 4.69) is 0 Å². The third-order valence-electron chi connectivity index (χ3n) is 4.08. The van der Waals surface area contributed by atoms with Crippen LogP contribution >= 0.6 is 0 Å². The number of rotatable bonds is 2. The molecule has 120 valence electrons. The number of aromatic hydroxyl groups is 2. The summed E-state index contributed by atoms with van der Waals surface area (Å²) in [5, 5.41) is 49.0. The standard InChI is InChI=1S/C14H16O8/c1-5(16)10-8(18)2-7(17)6-3-14(22-12(6)10)13(20)11(19)9(4-15)21-14/h2,9,11,13,15,17-20H,3-4H2,1H3. The minimum atomic E-state index is -1.72. The number of carbonyl (C=O) groups excluding carboxylic acids is 1. The maximum Gasteiger partial charge on any atom is 0.244 e. The molecule has 2 aliphatic rings. The molecule has 1 aromatic carbocycles. The van der Waals surface area contributed by atoms with Gasteiger partial charge in [-0.1, -0.05) is 0 Å². The van der Waals surface area contributed by atoms with Crippen molar-refractivity contribution in [1.82, 2.24) is 0 Å². The zero-order chi connectivity index (χ0) is 16.2. The van der Waals surface area contributed by atoms with Gasteiger partial charge in [-0.05, 0) is 6.92 Å². The monoisotopic (exact) mass is 312 g/mol. The zero-order valence-electron chi connectivity index (χ0n) is 11.7. The Balaban J connectivity index is 2.08. The summed E-state index contributed by atoms with van der Waals surface area (Å²) in [6.45, 7) is 0.689. The van der Waals surface area contributed by atoms with Gasteiger partial charge in [-0.25, -0.2) is 0 Å². The van der Waals surface area contributed by atoms with Crippen molar-refractivity contribution >= 4 is 5.78 Å². The Hall–Kier alpha value is -1.87. The van der Waals surface area contributed by atoms with Gasteiger partial charge in [0.1, 0.15) is 41.1 Å². The van der Waals surface area contributed by atoms with E-state index in [1.165, 1.54) is 6.92 Å². The molecule has 0 bridgehead atoms. The van der Waals surface area contributed by atoms with E-state index in [9.17, 15) is 25.2 Å². The number of aliphatic hydroxyl groups excluding tert-OH is 3. The molecule has 4 unspecified atom stereocenters. The number of ketones is 1. The van der Waals surface area contributed by atoms with Crippen LogP contribution in [0.3, 0.4) is 0 Å². The number of aliphatic hydroxyl groups is 3. The Bertz CT molecular complexity index is 642. The number of hydrogen-bond donors (Lipinski definition) is 5. The highest BCUT2D eigenvalue weighted by atomic mass is 16.7. The van der Waals surface area contributed by atoms with Crippen LogP contribution in [-0.2, 0) is 11.2 Å². The van der Waals surface area contributed by atoms with Gasteiger partial charge in [0.25, 0.3) is 0 Å². The molecule has 4 atom stereocenters. The fourth-order valence-corrected chi connectivity index (χ4v) is 2.99. The maximum atomic E-state index is 11.7. The van der Waals surface area contributed by atoms with Crippen LogP contribution in [0.25, 0.3) is 0 Å². The molecule has 0 aliphatic carbocycles. The summed E-state index contributed by atoms with van der Waals surface area (Å²) in [5.74, 6) is -3.06. The summed E-state index contributed by atoms with van der Waals surface area (Å²) < 4.78 is 11.0. The van der Waals surface area contributed by atoms with Gasteiger partial charge in [0, 0.05) is 18.1 Å². The van der Waals surface area contributed by atoms with Crippen molar-refractivity contribution in [3.63, 3.8) is 0 Å². The number of phenols is 2. The van der Waals surface area contributed by atoms with Gasteiger partial charge in [0.15, 0.2) is 5.78 Å². The number of carbonyl (C=O) groups is 1. The number of phenolic OH excluding ortho intramolecular Hbond substituents is 2. The zero-order valence-corrected chi connectivity index (χ0v) is 11.7. The molecule has 22 heavy (non-hydrogen) atoms. The molecular weight excluding hydrogens is 296 g/mol. The highest BCUT2D eigenvalue weighted by molar-refractivity contribution is 6.00.